The summed E-state index contributed by atoms with van der Waals surface area (Å²) < 4.78 is 40.4. The Morgan fingerprint density at radius 1 is 1.04 bits per heavy atom. The summed E-state index contributed by atoms with van der Waals surface area (Å²) in [5.74, 6) is 0.905. The minimum atomic E-state index is -3.62. The highest BCUT2D eigenvalue weighted by Crippen LogP contribution is 2.31. The monoisotopic (exact) mass is 394 g/mol. The van der Waals surface area contributed by atoms with Gasteiger partial charge in [0.2, 0.25) is 11.7 Å². The molecule has 1 aromatic heterocycles. The third-order valence-corrected chi connectivity index (χ3v) is 5.47. The van der Waals surface area contributed by atoms with Crippen LogP contribution in [-0.2, 0) is 15.6 Å². The summed E-state index contributed by atoms with van der Waals surface area (Å²) >= 11 is 5.78. The first-order chi connectivity index (χ1) is 12.4. The molecule has 0 radical (unpaired) electrons. The predicted molar refractivity (Wildman–Crippen MR) is 95.2 cm³/mol. The zero-order valence-corrected chi connectivity index (χ0v) is 15.5. The standard InChI is InChI=1S/C17H15ClN2O5S/c1-23-14-8-3-11(9-15(14)24-2)17-19-16(25-20-17)10-26(21,22)13-6-4-12(18)5-7-13/h3-9H,10H2,1-2H3. The maximum Gasteiger partial charge on any atom is 0.242 e. The molecule has 136 valence electrons. The number of methoxy groups -OCH3 is 2. The molecule has 26 heavy (non-hydrogen) atoms. The lowest BCUT2D eigenvalue weighted by molar-refractivity contribution is 0.355. The summed E-state index contributed by atoms with van der Waals surface area (Å²) in [6.45, 7) is 0. The first-order valence-corrected chi connectivity index (χ1v) is 9.49. The van der Waals surface area contributed by atoms with Crippen LogP contribution in [0, 0.1) is 0 Å². The van der Waals surface area contributed by atoms with Crippen molar-refractivity contribution in [3.05, 3.63) is 53.4 Å². The van der Waals surface area contributed by atoms with Gasteiger partial charge in [0, 0.05) is 10.6 Å². The molecule has 0 aliphatic carbocycles. The average Bonchev–Trinajstić information content (AvgIpc) is 3.09. The maximum absolute atomic E-state index is 12.4. The molecule has 0 aliphatic rings. The highest BCUT2D eigenvalue weighted by atomic mass is 35.5. The lowest BCUT2D eigenvalue weighted by Crippen LogP contribution is -2.05. The number of halogens is 1. The van der Waals surface area contributed by atoms with Gasteiger partial charge < -0.3 is 14.0 Å². The number of benzene rings is 2. The number of rotatable bonds is 6. The number of hydrogen-bond acceptors (Lipinski definition) is 7. The van der Waals surface area contributed by atoms with Crippen molar-refractivity contribution in [3.8, 4) is 22.9 Å². The molecular weight excluding hydrogens is 380 g/mol. The van der Waals surface area contributed by atoms with E-state index in [0.29, 0.717) is 22.1 Å². The van der Waals surface area contributed by atoms with Gasteiger partial charge in [0.05, 0.1) is 19.1 Å². The van der Waals surface area contributed by atoms with E-state index >= 15 is 0 Å². The summed E-state index contributed by atoms with van der Waals surface area (Å²) in [4.78, 5) is 4.29. The fourth-order valence-corrected chi connectivity index (χ4v) is 3.58. The molecule has 0 N–H and O–H groups in total. The van der Waals surface area contributed by atoms with Gasteiger partial charge in [-0.05, 0) is 42.5 Å². The number of hydrogen-bond donors (Lipinski definition) is 0. The van der Waals surface area contributed by atoms with E-state index in [2.05, 4.69) is 10.1 Å². The number of nitrogens with zero attached hydrogens (tertiary/aromatic N) is 2. The summed E-state index contributed by atoms with van der Waals surface area (Å²) in [7, 11) is -0.573. The SMILES string of the molecule is COc1ccc(-c2noc(CS(=O)(=O)c3ccc(Cl)cc3)n2)cc1OC. The predicted octanol–water partition coefficient (Wildman–Crippen LogP) is 3.38. The molecule has 0 spiro atoms. The molecule has 0 aliphatic heterocycles. The molecule has 0 saturated heterocycles. The minimum absolute atomic E-state index is 0.00950. The highest BCUT2D eigenvalue weighted by Gasteiger charge is 2.20. The van der Waals surface area contributed by atoms with E-state index in [0.717, 1.165) is 0 Å². The number of sulfone groups is 1. The van der Waals surface area contributed by atoms with Crippen LogP contribution in [0.2, 0.25) is 5.02 Å². The van der Waals surface area contributed by atoms with Gasteiger partial charge >= 0.3 is 0 Å². The molecule has 0 fully saturated rings. The fraction of sp³-hybridized carbons (Fsp3) is 0.176. The van der Waals surface area contributed by atoms with Crippen LogP contribution in [0.25, 0.3) is 11.4 Å². The Hall–Kier alpha value is -2.58. The van der Waals surface area contributed by atoms with Crippen molar-refractivity contribution in [3.63, 3.8) is 0 Å². The van der Waals surface area contributed by atoms with E-state index in [9.17, 15) is 8.42 Å². The van der Waals surface area contributed by atoms with Gasteiger partial charge in [-0.2, -0.15) is 4.98 Å². The lowest BCUT2D eigenvalue weighted by atomic mass is 10.2. The molecule has 2 aromatic carbocycles. The van der Waals surface area contributed by atoms with Gasteiger partial charge in [0.1, 0.15) is 5.75 Å². The Balaban J connectivity index is 1.85. The van der Waals surface area contributed by atoms with Crippen molar-refractivity contribution in [2.75, 3.05) is 14.2 Å². The van der Waals surface area contributed by atoms with Crippen LogP contribution in [0.4, 0.5) is 0 Å². The molecule has 1 heterocycles. The molecule has 0 saturated carbocycles. The van der Waals surface area contributed by atoms with Crippen molar-refractivity contribution in [2.45, 2.75) is 10.6 Å². The molecule has 0 atom stereocenters. The molecule has 3 aromatic rings. The van der Waals surface area contributed by atoms with Crippen molar-refractivity contribution >= 4 is 21.4 Å². The van der Waals surface area contributed by atoms with Gasteiger partial charge in [-0.3, -0.25) is 0 Å². The van der Waals surface area contributed by atoms with Crippen molar-refractivity contribution in [1.82, 2.24) is 10.1 Å². The van der Waals surface area contributed by atoms with Crippen LogP contribution >= 0.6 is 11.6 Å². The van der Waals surface area contributed by atoms with Gasteiger partial charge in [0.15, 0.2) is 21.3 Å². The Labute approximate surface area is 155 Å². The van der Waals surface area contributed by atoms with Crippen LogP contribution in [-0.4, -0.2) is 32.8 Å². The second kappa shape index (κ2) is 7.35. The first-order valence-electron chi connectivity index (χ1n) is 7.46. The van der Waals surface area contributed by atoms with E-state index in [1.54, 1.807) is 18.2 Å². The third kappa shape index (κ3) is 3.81. The van der Waals surface area contributed by atoms with Crippen molar-refractivity contribution in [2.24, 2.45) is 0 Å². The van der Waals surface area contributed by atoms with Crippen LogP contribution in [0.3, 0.4) is 0 Å². The van der Waals surface area contributed by atoms with E-state index in [1.165, 1.54) is 38.5 Å². The summed E-state index contributed by atoms with van der Waals surface area (Å²) in [6, 6.07) is 11.0. The van der Waals surface area contributed by atoms with E-state index in [-0.39, 0.29) is 16.6 Å². The van der Waals surface area contributed by atoms with E-state index < -0.39 is 15.6 Å². The van der Waals surface area contributed by atoms with E-state index in [4.69, 9.17) is 25.6 Å². The molecule has 0 unspecified atom stereocenters. The van der Waals surface area contributed by atoms with Crippen LogP contribution in [0.15, 0.2) is 51.9 Å². The average molecular weight is 395 g/mol. The quantitative estimate of drug-likeness (QED) is 0.632. The number of ether oxygens (including phenoxy) is 2. The summed E-state index contributed by atoms with van der Waals surface area (Å²) in [5, 5.41) is 4.30. The van der Waals surface area contributed by atoms with Crippen LogP contribution in [0.1, 0.15) is 5.89 Å². The Morgan fingerprint density at radius 3 is 2.38 bits per heavy atom. The second-order valence-electron chi connectivity index (χ2n) is 5.29. The zero-order chi connectivity index (χ0) is 18.7. The maximum atomic E-state index is 12.4. The van der Waals surface area contributed by atoms with Crippen LogP contribution < -0.4 is 9.47 Å². The van der Waals surface area contributed by atoms with Crippen molar-refractivity contribution in [1.29, 1.82) is 0 Å². The zero-order valence-electron chi connectivity index (χ0n) is 14.0. The molecule has 3 rings (SSSR count). The van der Waals surface area contributed by atoms with Gasteiger partial charge in [-0.25, -0.2) is 8.42 Å². The smallest absolute Gasteiger partial charge is 0.242 e. The summed E-state index contributed by atoms with van der Waals surface area (Å²) in [6.07, 6.45) is 0. The summed E-state index contributed by atoms with van der Waals surface area (Å²) in [5.41, 5.74) is 0.613. The number of aromatic nitrogens is 2. The highest BCUT2D eigenvalue weighted by molar-refractivity contribution is 7.90. The molecule has 9 heteroatoms. The second-order valence-corrected chi connectivity index (χ2v) is 7.72. The molecule has 7 nitrogen and oxygen atoms in total. The van der Waals surface area contributed by atoms with Gasteiger partial charge in [0.25, 0.3) is 0 Å². The molecule has 0 bridgehead atoms. The Kier molecular flexibility index (Phi) is 5.15. The van der Waals surface area contributed by atoms with Gasteiger partial charge in [-0.1, -0.05) is 16.8 Å². The van der Waals surface area contributed by atoms with Crippen LogP contribution in [0.5, 0.6) is 11.5 Å². The fourth-order valence-electron chi connectivity index (χ4n) is 2.29. The Morgan fingerprint density at radius 2 is 1.73 bits per heavy atom. The Bertz CT molecular complexity index is 1020. The van der Waals surface area contributed by atoms with Crippen molar-refractivity contribution < 1.29 is 22.4 Å². The van der Waals surface area contributed by atoms with E-state index in [1.807, 2.05) is 0 Å². The minimum Gasteiger partial charge on any atom is -0.493 e. The first kappa shape index (κ1) is 18.2. The molecular formula is C17H15ClN2O5S. The van der Waals surface area contributed by atoms with Gasteiger partial charge in [-0.15, -0.1) is 0 Å². The lowest BCUT2D eigenvalue weighted by Gasteiger charge is -2.07. The third-order valence-electron chi connectivity index (χ3n) is 3.60. The molecule has 0 amide bonds. The normalized spacial score (nSPS) is 11.3. The topological polar surface area (TPSA) is 91.5 Å². The largest absolute Gasteiger partial charge is 0.493 e.